The van der Waals surface area contributed by atoms with Gasteiger partial charge in [-0.25, -0.2) is 9.97 Å². The van der Waals surface area contributed by atoms with Gasteiger partial charge in [0.15, 0.2) is 0 Å². The summed E-state index contributed by atoms with van der Waals surface area (Å²) in [6.07, 6.45) is 11.1. The molecule has 1 spiro atoms. The molecule has 0 atom stereocenters. The van der Waals surface area contributed by atoms with E-state index in [9.17, 15) is 0 Å². The molecule has 0 bridgehead atoms. The molecule has 0 amide bonds. The summed E-state index contributed by atoms with van der Waals surface area (Å²) in [7, 11) is 0. The molecule has 1 saturated heterocycles. The second-order valence-corrected chi connectivity index (χ2v) is 5.48. The molecule has 0 aromatic carbocycles. The van der Waals surface area contributed by atoms with Crippen molar-refractivity contribution < 1.29 is 0 Å². The van der Waals surface area contributed by atoms with Crippen molar-refractivity contribution in [2.45, 2.75) is 50.5 Å². The lowest BCUT2D eigenvalue weighted by Crippen LogP contribution is -2.64. The molecule has 1 aliphatic heterocycles. The minimum Gasteiger partial charge on any atom is -0.335 e. The molecule has 2 heterocycles. The Balaban J connectivity index is 1.68. The molecule has 0 radical (unpaired) electrons. The standard InChI is InChI=1S/C13H17N3/c1-3-10-9-14-12(15-11(10)4-1)16-8-7-13(16)5-2-6-13/h9H,1-8H2. The first-order valence-electron chi connectivity index (χ1n) is 6.50. The Morgan fingerprint density at radius 2 is 2.06 bits per heavy atom. The van der Waals surface area contributed by atoms with Crippen molar-refractivity contribution >= 4 is 5.95 Å². The fourth-order valence-electron chi connectivity index (χ4n) is 3.39. The Labute approximate surface area is 95.9 Å². The zero-order chi connectivity index (χ0) is 10.6. The van der Waals surface area contributed by atoms with E-state index >= 15 is 0 Å². The molecule has 3 heteroatoms. The van der Waals surface area contributed by atoms with E-state index in [0.717, 1.165) is 12.4 Å². The van der Waals surface area contributed by atoms with Crippen LogP contribution in [0.5, 0.6) is 0 Å². The summed E-state index contributed by atoms with van der Waals surface area (Å²) < 4.78 is 0. The van der Waals surface area contributed by atoms with Crippen molar-refractivity contribution in [1.82, 2.24) is 9.97 Å². The van der Waals surface area contributed by atoms with Crippen molar-refractivity contribution in [3.05, 3.63) is 17.5 Å². The summed E-state index contributed by atoms with van der Waals surface area (Å²) in [4.78, 5) is 11.8. The van der Waals surface area contributed by atoms with E-state index in [1.807, 2.05) is 0 Å². The normalized spacial score (nSPS) is 25.1. The number of hydrogen-bond acceptors (Lipinski definition) is 3. The fraction of sp³-hybridized carbons (Fsp3) is 0.692. The van der Waals surface area contributed by atoms with Crippen LogP contribution in [0.15, 0.2) is 6.20 Å². The van der Waals surface area contributed by atoms with Crippen molar-refractivity contribution in [3.63, 3.8) is 0 Å². The van der Waals surface area contributed by atoms with Gasteiger partial charge < -0.3 is 4.90 Å². The van der Waals surface area contributed by atoms with Gasteiger partial charge in [-0.1, -0.05) is 0 Å². The minimum absolute atomic E-state index is 0.479. The van der Waals surface area contributed by atoms with Gasteiger partial charge in [0.05, 0.1) is 0 Å². The van der Waals surface area contributed by atoms with Crippen LogP contribution >= 0.6 is 0 Å². The van der Waals surface area contributed by atoms with E-state index in [0.29, 0.717) is 5.54 Å². The molecule has 4 rings (SSSR count). The van der Waals surface area contributed by atoms with Gasteiger partial charge in [0.2, 0.25) is 5.95 Å². The highest BCUT2D eigenvalue weighted by molar-refractivity contribution is 5.43. The van der Waals surface area contributed by atoms with Crippen LogP contribution in [0.25, 0.3) is 0 Å². The summed E-state index contributed by atoms with van der Waals surface area (Å²) in [6.45, 7) is 1.17. The Hall–Kier alpha value is -1.12. The predicted octanol–water partition coefficient (Wildman–Crippen LogP) is 2.10. The van der Waals surface area contributed by atoms with E-state index < -0.39 is 0 Å². The van der Waals surface area contributed by atoms with Gasteiger partial charge in [-0.3, -0.25) is 0 Å². The third kappa shape index (κ3) is 1.04. The average Bonchev–Trinajstić information content (AvgIpc) is 2.60. The lowest BCUT2D eigenvalue weighted by molar-refractivity contribution is 0.148. The number of aromatic nitrogens is 2. The summed E-state index contributed by atoms with van der Waals surface area (Å²) in [5.74, 6) is 1.01. The van der Waals surface area contributed by atoms with E-state index in [2.05, 4.69) is 16.1 Å². The predicted molar refractivity (Wildman–Crippen MR) is 62.6 cm³/mol. The van der Waals surface area contributed by atoms with Crippen molar-refractivity contribution in [1.29, 1.82) is 0 Å². The van der Waals surface area contributed by atoms with Crippen molar-refractivity contribution in [2.75, 3.05) is 11.4 Å². The van der Waals surface area contributed by atoms with Crippen molar-refractivity contribution in [2.24, 2.45) is 0 Å². The van der Waals surface area contributed by atoms with Gasteiger partial charge in [-0.15, -0.1) is 0 Å². The fourth-order valence-corrected chi connectivity index (χ4v) is 3.39. The van der Waals surface area contributed by atoms with Crippen LogP contribution in [0, 0.1) is 0 Å². The third-order valence-electron chi connectivity index (χ3n) is 4.70. The summed E-state index contributed by atoms with van der Waals surface area (Å²) >= 11 is 0. The Morgan fingerprint density at radius 3 is 2.75 bits per heavy atom. The van der Waals surface area contributed by atoms with Crippen LogP contribution in [-0.2, 0) is 12.8 Å². The quantitative estimate of drug-likeness (QED) is 0.718. The number of fused-ring (bicyclic) bond motifs is 1. The van der Waals surface area contributed by atoms with Crippen LogP contribution in [0.4, 0.5) is 5.95 Å². The van der Waals surface area contributed by atoms with Crippen LogP contribution < -0.4 is 4.90 Å². The zero-order valence-corrected chi connectivity index (χ0v) is 9.58. The first-order valence-corrected chi connectivity index (χ1v) is 6.50. The topological polar surface area (TPSA) is 29.0 Å². The number of rotatable bonds is 1. The molecule has 2 aliphatic carbocycles. The molecule has 1 aromatic rings. The molecule has 1 saturated carbocycles. The smallest absolute Gasteiger partial charge is 0.225 e. The lowest BCUT2D eigenvalue weighted by Gasteiger charge is -2.58. The molecule has 3 nitrogen and oxygen atoms in total. The highest BCUT2D eigenvalue weighted by Crippen LogP contribution is 2.48. The van der Waals surface area contributed by atoms with Crippen LogP contribution in [0.2, 0.25) is 0 Å². The van der Waals surface area contributed by atoms with Crippen LogP contribution in [-0.4, -0.2) is 22.1 Å². The molecule has 16 heavy (non-hydrogen) atoms. The Morgan fingerprint density at radius 1 is 1.12 bits per heavy atom. The van der Waals surface area contributed by atoms with Crippen LogP contribution in [0.1, 0.15) is 43.4 Å². The number of hydrogen-bond donors (Lipinski definition) is 0. The molecule has 2 fully saturated rings. The van der Waals surface area contributed by atoms with E-state index in [4.69, 9.17) is 4.98 Å². The molecular formula is C13H17N3. The average molecular weight is 215 g/mol. The van der Waals surface area contributed by atoms with Gasteiger partial charge in [0, 0.05) is 24.0 Å². The first-order chi connectivity index (χ1) is 7.87. The maximum atomic E-state index is 4.77. The second kappa shape index (κ2) is 2.96. The van der Waals surface area contributed by atoms with Gasteiger partial charge in [-0.2, -0.15) is 0 Å². The summed E-state index contributed by atoms with van der Waals surface area (Å²) in [5.41, 5.74) is 3.17. The first kappa shape index (κ1) is 8.97. The zero-order valence-electron chi connectivity index (χ0n) is 9.58. The summed E-state index contributed by atoms with van der Waals surface area (Å²) in [5, 5.41) is 0. The molecule has 0 N–H and O–H groups in total. The number of aryl methyl sites for hydroxylation is 2. The number of nitrogens with zero attached hydrogens (tertiary/aromatic N) is 3. The van der Waals surface area contributed by atoms with Crippen molar-refractivity contribution in [3.8, 4) is 0 Å². The lowest BCUT2D eigenvalue weighted by atomic mass is 9.68. The molecule has 3 aliphatic rings. The van der Waals surface area contributed by atoms with E-state index in [1.54, 1.807) is 0 Å². The molecule has 1 aromatic heterocycles. The van der Waals surface area contributed by atoms with Gasteiger partial charge in [0.25, 0.3) is 0 Å². The summed E-state index contributed by atoms with van der Waals surface area (Å²) in [6, 6.07) is 0. The van der Waals surface area contributed by atoms with Gasteiger partial charge in [0.1, 0.15) is 0 Å². The highest BCUT2D eigenvalue weighted by Gasteiger charge is 2.50. The Bertz CT molecular complexity index is 431. The largest absolute Gasteiger partial charge is 0.335 e. The maximum absolute atomic E-state index is 4.77. The van der Waals surface area contributed by atoms with Gasteiger partial charge in [-0.05, 0) is 50.5 Å². The molecule has 84 valence electrons. The highest BCUT2D eigenvalue weighted by atomic mass is 15.3. The Kier molecular flexibility index (Phi) is 1.66. The maximum Gasteiger partial charge on any atom is 0.225 e. The molecule has 0 unspecified atom stereocenters. The van der Waals surface area contributed by atoms with Gasteiger partial charge >= 0.3 is 0 Å². The van der Waals surface area contributed by atoms with Crippen LogP contribution in [0.3, 0.4) is 0 Å². The second-order valence-electron chi connectivity index (χ2n) is 5.48. The molecular weight excluding hydrogens is 198 g/mol. The minimum atomic E-state index is 0.479. The third-order valence-corrected chi connectivity index (χ3v) is 4.70. The van der Waals surface area contributed by atoms with E-state index in [-0.39, 0.29) is 0 Å². The monoisotopic (exact) mass is 215 g/mol. The number of anilines is 1. The van der Waals surface area contributed by atoms with E-state index in [1.165, 1.54) is 56.3 Å². The SMILES string of the molecule is c1nc(N2CCC23CCC3)nc2c1CCC2.